The van der Waals surface area contributed by atoms with Gasteiger partial charge in [-0.2, -0.15) is 0 Å². The van der Waals surface area contributed by atoms with Crippen LogP contribution in [-0.4, -0.2) is 35.3 Å². The topological polar surface area (TPSA) is 124 Å². The molecule has 1 aliphatic rings. The number of aryl methyl sites for hydroxylation is 2. The Balaban J connectivity index is 1.08. The predicted octanol–water partition coefficient (Wildman–Crippen LogP) is 8.67. The van der Waals surface area contributed by atoms with Crippen LogP contribution in [0.2, 0.25) is 0 Å². The molecule has 9 heteroatoms. The summed E-state index contributed by atoms with van der Waals surface area (Å²) < 4.78 is 11.5. The van der Waals surface area contributed by atoms with E-state index in [1.54, 1.807) is 109 Å². The maximum Gasteiger partial charge on any atom is 0.339 e. The van der Waals surface area contributed by atoms with Crippen molar-refractivity contribution in [2.24, 2.45) is 0 Å². The molecule has 0 saturated carbocycles. The molecule has 2 amide bonds. The zero-order chi connectivity index (χ0) is 38.6. The van der Waals surface area contributed by atoms with E-state index >= 15 is 0 Å². The van der Waals surface area contributed by atoms with E-state index in [0.29, 0.717) is 22.3 Å². The van der Waals surface area contributed by atoms with E-state index in [1.807, 2.05) is 13.8 Å². The van der Waals surface area contributed by atoms with Gasteiger partial charge in [-0.3, -0.25) is 19.2 Å². The van der Waals surface area contributed by atoms with E-state index in [9.17, 15) is 28.8 Å². The standard InChI is InChI=1S/C46H33NO8/c1-28-13-17-30(18-14-28)39(48)41(32-9-5-3-6-10-32)54-45(52)34-21-24-36(25-22-34)47-43(50)37-26-23-35(27-38(37)44(47)51)46(53)55-42(33-11-7-4-8-12-33)40(49)31-19-15-29(2)16-20-31/h3-27,41-42H,1-2H3/t41-,42+/m1/s1. The molecule has 1 heterocycles. The lowest BCUT2D eigenvalue weighted by molar-refractivity contribution is 0.0278. The molecule has 0 unspecified atom stereocenters. The van der Waals surface area contributed by atoms with Crippen LogP contribution in [0.3, 0.4) is 0 Å². The Morgan fingerprint density at radius 1 is 0.455 bits per heavy atom. The van der Waals surface area contributed by atoms with E-state index < -0.39 is 41.7 Å². The normalized spacial score (nSPS) is 13.1. The van der Waals surface area contributed by atoms with Gasteiger partial charge in [0.1, 0.15) is 0 Å². The molecule has 0 saturated heterocycles. The summed E-state index contributed by atoms with van der Waals surface area (Å²) in [5.74, 6) is -3.75. The summed E-state index contributed by atoms with van der Waals surface area (Å²) in [6.07, 6.45) is -2.47. The fourth-order valence-electron chi connectivity index (χ4n) is 6.24. The van der Waals surface area contributed by atoms with Gasteiger partial charge in [-0.1, -0.05) is 120 Å². The fraction of sp³-hybridized carbons (Fsp3) is 0.0870. The fourth-order valence-corrected chi connectivity index (χ4v) is 6.24. The number of hydrogen-bond acceptors (Lipinski definition) is 8. The van der Waals surface area contributed by atoms with Crippen LogP contribution >= 0.6 is 0 Å². The second-order valence-electron chi connectivity index (χ2n) is 13.1. The van der Waals surface area contributed by atoms with Gasteiger partial charge in [0.25, 0.3) is 11.8 Å². The summed E-state index contributed by atoms with van der Waals surface area (Å²) in [5.41, 5.74) is 3.96. The molecular formula is C46H33NO8. The Bertz CT molecular complexity index is 2440. The number of anilines is 1. The lowest BCUT2D eigenvalue weighted by Gasteiger charge is -2.18. The predicted molar refractivity (Wildman–Crippen MR) is 204 cm³/mol. The molecule has 2 atom stereocenters. The Morgan fingerprint density at radius 3 is 1.33 bits per heavy atom. The van der Waals surface area contributed by atoms with Crippen molar-refractivity contribution in [1.29, 1.82) is 0 Å². The molecule has 7 rings (SSSR count). The summed E-state index contributed by atoms with van der Waals surface area (Å²) in [4.78, 5) is 82.1. The third kappa shape index (κ3) is 7.49. The van der Waals surface area contributed by atoms with Crippen molar-refractivity contribution in [1.82, 2.24) is 0 Å². The number of ketones is 2. The molecule has 0 bridgehead atoms. The van der Waals surface area contributed by atoms with Gasteiger partial charge in [0.05, 0.1) is 27.9 Å². The SMILES string of the molecule is Cc1ccc(C(=O)[C@@H](OC(=O)c2ccc3c(c2)C(=O)N(c2ccc(C(=O)O[C@@H](C(=O)c4ccc(C)cc4)c4ccccc4)cc2)C3=O)c2ccccc2)cc1. The highest BCUT2D eigenvalue weighted by atomic mass is 16.6. The molecular weight excluding hydrogens is 695 g/mol. The number of esters is 2. The Morgan fingerprint density at radius 2 is 0.855 bits per heavy atom. The highest BCUT2D eigenvalue weighted by Gasteiger charge is 2.38. The number of hydrogen-bond donors (Lipinski definition) is 0. The molecule has 0 aromatic heterocycles. The maximum absolute atomic E-state index is 13.7. The van der Waals surface area contributed by atoms with Crippen LogP contribution in [0.5, 0.6) is 0 Å². The highest BCUT2D eigenvalue weighted by molar-refractivity contribution is 6.34. The quantitative estimate of drug-likeness (QED) is 0.0738. The van der Waals surface area contributed by atoms with E-state index in [4.69, 9.17) is 9.47 Å². The number of benzene rings is 6. The second kappa shape index (κ2) is 15.4. The van der Waals surface area contributed by atoms with Gasteiger partial charge in [0.2, 0.25) is 11.6 Å². The molecule has 6 aromatic carbocycles. The van der Waals surface area contributed by atoms with E-state index in [1.165, 1.54) is 42.5 Å². The van der Waals surface area contributed by atoms with Gasteiger partial charge < -0.3 is 9.47 Å². The molecule has 1 aliphatic heterocycles. The lowest BCUT2D eigenvalue weighted by Crippen LogP contribution is -2.29. The molecule has 6 aromatic rings. The van der Waals surface area contributed by atoms with Gasteiger partial charge in [-0.25, -0.2) is 14.5 Å². The average molecular weight is 728 g/mol. The second-order valence-corrected chi connectivity index (χ2v) is 13.1. The van der Waals surface area contributed by atoms with Crippen molar-refractivity contribution in [2.75, 3.05) is 4.90 Å². The molecule has 0 radical (unpaired) electrons. The van der Waals surface area contributed by atoms with Crippen molar-refractivity contribution in [3.63, 3.8) is 0 Å². The summed E-state index contributed by atoms with van der Waals surface area (Å²) in [5, 5.41) is 0. The van der Waals surface area contributed by atoms with E-state index in [2.05, 4.69) is 0 Å². The van der Waals surface area contributed by atoms with Crippen molar-refractivity contribution in [3.8, 4) is 0 Å². The number of imide groups is 1. The number of Topliss-reactive ketones (excluding diaryl/α,β-unsaturated/α-hetero) is 2. The van der Waals surface area contributed by atoms with Crippen LogP contribution in [0.15, 0.2) is 152 Å². The first-order valence-corrected chi connectivity index (χ1v) is 17.5. The molecule has 0 N–H and O–H groups in total. The number of rotatable bonds is 11. The third-order valence-electron chi connectivity index (χ3n) is 9.29. The van der Waals surface area contributed by atoms with Crippen LogP contribution in [0.1, 0.15) is 96.6 Å². The summed E-state index contributed by atoms with van der Waals surface area (Å²) in [7, 11) is 0. The van der Waals surface area contributed by atoms with Crippen LogP contribution in [0.25, 0.3) is 0 Å². The van der Waals surface area contributed by atoms with Crippen LogP contribution in [-0.2, 0) is 9.47 Å². The lowest BCUT2D eigenvalue weighted by atomic mass is 9.99. The Labute approximate surface area is 316 Å². The smallest absolute Gasteiger partial charge is 0.339 e. The number of carbonyl (C=O) groups excluding carboxylic acids is 6. The molecule has 0 fully saturated rings. The molecule has 55 heavy (non-hydrogen) atoms. The number of amides is 2. The first-order chi connectivity index (χ1) is 26.6. The van der Waals surface area contributed by atoms with Gasteiger partial charge in [-0.15, -0.1) is 0 Å². The summed E-state index contributed by atoms with van der Waals surface area (Å²) in [6.45, 7) is 3.80. The van der Waals surface area contributed by atoms with Crippen molar-refractivity contribution in [2.45, 2.75) is 26.1 Å². The molecule has 270 valence electrons. The van der Waals surface area contributed by atoms with E-state index in [0.717, 1.165) is 16.0 Å². The summed E-state index contributed by atoms with van der Waals surface area (Å²) >= 11 is 0. The maximum atomic E-state index is 13.7. The molecule has 9 nitrogen and oxygen atoms in total. The highest BCUT2D eigenvalue weighted by Crippen LogP contribution is 2.32. The van der Waals surface area contributed by atoms with Gasteiger partial charge >= 0.3 is 11.9 Å². The average Bonchev–Trinajstić information content (AvgIpc) is 3.47. The Hall–Kier alpha value is -7.26. The minimum Gasteiger partial charge on any atom is -0.445 e. The van der Waals surface area contributed by atoms with E-state index in [-0.39, 0.29) is 33.7 Å². The first-order valence-electron chi connectivity index (χ1n) is 17.5. The molecule has 0 spiro atoms. The third-order valence-corrected chi connectivity index (χ3v) is 9.29. The zero-order valence-electron chi connectivity index (χ0n) is 29.8. The van der Waals surface area contributed by atoms with Crippen molar-refractivity contribution >= 4 is 41.0 Å². The zero-order valence-corrected chi connectivity index (χ0v) is 29.8. The number of ether oxygens (including phenoxy) is 2. The van der Waals surface area contributed by atoms with Crippen molar-refractivity contribution in [3.05, 3.63) is 207 Å². The van der Waals surface area contributed by atoms with Gasteiger partial charge in [0.15, 0.2) is 12.2 Å². The monoisotopic (exact) mass is 727 g/mol. The number of nitrogens with zero attached hydrogens (tertiary/aromatic N) is 1. The Kier molecular flexibility index (Phi) is 10.1. The minimum absolute atomic E-state index is 0.0226. The van der Waals surface area contributed by atoms with Crippen LogP contribution in [0, 0.1) is 13.8 Å². The molecule has 0 aliphatic carbocycles. The minimum atomic E-state index is -1.26. The van der Waals surface area contributed by atoms with Crippen molar-refractivity contribution < 1.29 is 38.2 Å². The van der Waals surface area contributed by atoms with Gasteiger partial charge in [0, 0.05) is 22.3 Å². The largest absolute Gasteiger partial charge is 0.445 e. The number of fused-ring (bicyclic) bond motifs is 1. The van der Waals surface area contributed by atoms with Crippen LogP contribution < -0.4 is 4.90 Å². The van der Waals surface area contributed by atoms with Crippen LogP contribution in [0.4, 0.5) is 5.69 Å². The van der Waals surface area contributed by atoms with Gasteiger partial charge in [-0.05, 0) is 56.3 Å². The summed E-state index contributed by atoms with van der Waals surface area (Å²) in [6, 6.07) is 40.9. The number of carbonyl (C=O) groups is 6. The first kappa shape index (κ1) is 36.1.